The summed E-state index contributed by atoms with van der Waals surface area (Å²) in [6.45, 7) is 0. The molecule has 5 rings (SSSR count). The third-order valence-electron chi connectivity index (χ3n) is 6.30. The molecule has 2 bridgehead atoms. The topological polar surface area (TPSA) is 84.5 Å². The summed E-state index contributed by atoms with van der Waals surface area (Å²) in [6.07, 6.45) is 1.64. The molecule has 1 aliphatic heterocycles. The number of amides is 2. The van der Waals surface area contributed by atoms with Crippen molar-refractivity contribution in [3.8, 4) is 0 Å². The van der Waals surface area contributed by atoms with Crippen LogP contribution in [0.2, 0.25) is 5.02 Å². The van der Waals surface area contributed by atoms with Crippen LogP contribution in [0.1, 0.15) is 23.2 Å². The molecule has 2 aromatic carbocycles. The Kier molecular flexibility index (Phi) is 4.32. The SMILES string of the molecule is O=C(Nc1ccccc1Cl)c1cccc(NC(=O)[C@@H]2[C@@H]3C[C@@H]4[C@@H]2C(=O)O[C@H]4C3)c1. The number of carbonyl (C=O) groups is 3. The van der Waals surface area contributed by atoms with Gasteiger partial charge in [0.15, 0.2) is 0 Å². The molecule has 0 unspecified atom stereocenters. The van der Waals surface area contributed by atoms with E-state index in [-0.39, 0.29) is 47.6 Å². The highest BCUT2D eigenvalue weighted by Gasteiger charge is 2.63. The normalized spacial score (nSPS) is 28.9. The Labute approximate surface area is 172 Å². The smallest absolute Gasteiger partial charge is 0.310 e. The van der Waals surface area contributed by atoms with Crippen LogP contribution < -0.4 is 10.6 Å². The average Bonchev–Trinajstić information content (AvgIpc) is 3.32. The lowest BCUT2D eigenvalue weighted by atomic mass is 9.79. The predicted molar refractivity (Wildman–Crippen MR) is 108 cm³/mol. The van der Waals surface area contributed by atoms with Crippen LogP contribution in [0.3, 0.4) is 0 Å². The van der Waals surface area contributed by atoms with Crippen LogP contribution in [0.5, 0.6) is 0 Å². The summed E-state index contributed by atoms with van der Waals surface area (Å²) in [5, 5.41) is 6.10. The molecule has 7 heteroatoms. The Balaban J connectivity index is 1.30. The fraction of sp³-hybridized carbons (Fsp3) is 0.318. The van der Waals surface area contributed by atoms with Gasteiger partial charge < -0.3 is 15.4 Å². The van der Waals surface area contributed by atoms with Crippen molar-refractivity contribution in [1.29, 1.82) is 0 Å². The van der Waals surface area contributed by atoms with Crippen molar-refractivity contribution in [1.82, 2.24) is 0 Å². The van der Waals surface area contributed by atoms with E-state index in [2.05, 4.69) is 10.6 Å². The first-order valence-corrected chi connectivity index (χ1v) is 10.1. The molecule has 2 amide bonds. The Hall–Kier alpha value is -2.86. The minimum atomic E-state index is -0.355. The van der Waals surface area contributed by atoms with Gasteiger partial charge >= 0.3 is 5.97 Å². The maximum atomic E-state index is 12.9. The van der Waals surface area contributed by atoms with Crippen LogP contribution >= 0.6 is 11.6 Å². The highest BCUT2D eigenvalue weighted by Crippen LogP contribution is 2.57. The molecular weight excluding hydrogens is 392 g/mol. The van der Waals surface area contributed by atoms with E-state index in [0.29, 0.717) is 22.0 Å². The van der Waals surface area contributed by atoms with Gasteiger partial charge in [0.05, 0.1) is 22.5 Å². The maximum Gasteiger partial charge on any atom is 0.310 e. The fourth-order valence-corrected chi connectivity index (χ4v) is 5.27. The van der Waals surface area contributed by atoms with Crippen molar-refractivity contribution in [2.45, 2.75) is 18.9 Å². The largest absolute Gasteiger partial charge is 0.462 e. The van der Waals surface area contributed by atoms with Crippen LogP contribution in [0.4, 0.5) is 11.4 Å². The molecule has 1 saturated heterocycles. The predicted octanol–water partition coefficient (Wildman–Crippen LogP) is 3.73. The Morgan fingerprint density at radius 2 is 1.86 bits per heavy atom. The molecule has 0 spiro atoms. The molecule has 3 aliphatic rings. The molecule has 2 aromatic rings. The Bertz CT molecular complexity index is 1020. The first-order chi connectivity index (χ1) is 14.0. The molecule has 5 atom stereocenters. The monoisotopic (exact) mass is 410 g/mol. The van der Waals surface area contributed by atoms with Gasteiger partial charge in [-0.05, 0) is 49.1 Å². The first kappa shape index (κ1) is 18.2. The van der Waals surface area contributed by atoms with Crippen LogP contribution in [0, 0.1) is 23.7 Å². The maximum absolute atomic E-state index is 12.9. The highest BCUT2D eigenvalue weighted by molar-refractivity contribution is 6.33. The number of fused-ring (bicyclic) bond motifs is 1. The lowest BCUT2D eigenvalue weighted by molar-refractivity contribution is -0.145. The van der Waals surface area contributed by atoms with E-state index < -0.39 is 0 Å². The van der Waals surface area contributed by atoms with Crippen molar-refractivity contribution in [3.05, 3.63) is 59.1 Å². The molecule has 1 heterocycles. The number of halogens is 1. The van der Waals surface area contributed by atoms with E-state index in [9.17, 15) is 14.4 Å². The van der Waals surface area contributed by atoms with Gasteiger partial charge in [0.1, 0.15) is 6.10 Å². The van der Waals surface area contributed by atoms with Gasteiger partial charge in [0.25, 0.3) is 5.91 Å². The van der Waals surface area contributed by atoms with Crippen LogP contribution in [0.25, 0.3) is 0 Å². The number of para-hydroxylation sites is 1. The van der Waals surface area contributed by atoms with Crippen molar-refractivity contribution >= 4 is 40.8 Å². The lowest BCUT2D eigenvalue weighted by Crippen LogP contribution is -2.35. The molecule has 2 N–H and O–H groups in total. The zero-order chi connectivity index (χ0) is 20.1. The van der Waals surface area contributed by atoms with E-state index in [1.54, 1.807) is 48.5 Å². The summed E-state index contributed by atoms with van der Waals surface area (Å²) in [5.41, 5.74) is 1.44. The number of benzene rings is 2. The van der Waals surface area contributed by atoms with Gasteiger partial charge in [-0.25, -0.2) is 0 Å². The van der Waals surface area contributed by atoms with Crippen LogP contribution in [-0.2, 0) is 14.3 Å². The van der Waals surface area contributed by atoms with Crippen molar-refractivity contribution in [2.24, 2.45) is 23.7 Å². The van der Waals surface area contributed by atoms with Crippen molar-refractivity contribution < 1.29 is 19.1 Å². The van der Waals surface area contributed by atoms with E-state index in [4.69, 9.17) is 16.3 Å². The second-order valence-electron chi connectivity index (χ2n) is 7.93. The van der Waals surface area contributed by atoms with E-state index >= 15 is 0 Å². The number of carbonyl (C=O) groups excluding carboxylic acids is 3. The van der Waals surface area contributed by atoms with Crippen LogP contribution in [-0.4, -0.2) is 23.9 Å². The summed E-state index contributed by atoms with van der Waals surface area (Å²) in [6, 6.07) is 13.7. The average molecular weight is 411 g/mol. The van der Waals surface area contributed by atoms with Gasteiger partial charge in [0.2, 0.25) is 5.91 Å². The summed E-state index contributed by atoms with van der Waals surface area (Å²) in [4.78, 5) is 37.6. The van der Waals surface area contributed by atoms with Gasteiger partial charge in [-0.3, -0.25) is 14.4 Å². The minimum Gasteiger partial charge on any atom is -0.462 e. The van der Waals surface area contributed by atoms with Gasteiger partial charge in [0, 0.05) is 17.2 Å². The molecule has 2 saturated carbocycles. The standard InChI is InChI=1S/C22H19ClN2O4/c23-15-6-1-2-7-16(15)25-20(26)11-4-3-5-13(8-11)24-21(27)18-12-9-14-17(10-12)29-22(28)19(14)18/h1-8,12,14,17-19H,9-10H2,(H,24,27)(H,25,26)/t12-,14+,17+,18-,19+/m1/s1. The fourth-order valence-electron chi connectivity index (χ4n) is 5.08. The summed E-state index contributed by atoms with van der Waals surface area (Å²) >= 11 is 6.09. The molecular formula is C22H19ClN2O4. The van der Waals surface area contributed by atoms with Gasteiger partial charge in [-0.1, -0.05) is 29.8 Å². The summed E-state index contributed by atoms with van der Waals surface area (Å²) in [7, 11) is 0. The van der Waals surface area contributed by atoms with Gasteiger partial charge in [-0.15, -0.1) is 0 Å². The Morgan fingerprint density at radius 1 is 1.03 bits per heavy atom. The molecule has 6 nitrogen and oxygen atoms in total. The quantitative estimate of drug-likeness (QED) is 0.752. The highest BCUT2D eigenvalue weighted by atomic mass is 35.5. The van der Waals surface area contributed by atoms with E-state index in [1.807, 2.05) is 0 Å². The zero-order valence-electron chi connectivity index (χ0n) is 15.4. The number of rotatable bonds is 4. The third kappa shape index (κ3) is 3.08. The first-order valence-electron chi connectivity index (χ1n) is 9.68. The Morgan fingerprint density at radius 3 is 2.69 bits per heavy atom. The third-order valence-corrected chi connectivity index (χ3v) is 6.63. The van der Waals surface area contributed by atoms with E-state index in [0.717, 1.165) is 12.8 Å². The second-order valence-corrected chi connectivity index (χ2v) is 8.33. The molecule has 0 aromatic heterocycles. The van der Waals surface area contributed by atoms with Crippen molar-refractivity contribution in [3.63, 3.8) is 0 Å². The summed E-state index contributed by atoms with van der Waals surface area (Å²) < 4.78 is 5.40. The number of hydrogen-bond donors (Lipinski definition) is 2. The lowest BCUT2D eigenvalue weighted by Gasteiger charge is -2.23. The number of nitrogens with one attached hydrogen (secondary N) is 2. The number of esters is 1. The minimum absolute atomic E-state index is 0.00150. The molecule has 2 aliphatic carbocycles. The zero-order valence-corrected chi connectivity index (χ0v) is 16.2. The number of hydrogen-bond acceptors (Lipinski definition) is 4. The number of ether oxygens (including phenoxy) is 1. The van der Waals surface area contributed by atoms with Crippen molar-refractivity contribution in [2.75, 3.05) is 10.6 Å². The summed E-state index contributed by atoms with van der Waals surface area (Å²) in [5.74, 6) is -1.06. The van der Waals surface area contributed by atoms with Gasteiger partial charge in [-0.2, -0.15) is 0 Å². The van der Waals surface area contributed by atoms with Crippen LogP contribution in [0.15, 0.2) is 48.5 Å². The molecule has 29 heavy (non-hydrogen) atoms. The molecule has 3 fully saturated rings. The molecule has 148 valence electrons. The number of anilines is 2. The second kappa shape index (κ2) is 6.88. The van der Waals surface area contributed by atoms with E-state index in [1.165, 1.54) is 0 Å². The molecule has 0 radical (unpaired) electrons.